The van der Waals surface area contributed by atoms with Gasteiger partial charge in [-0.25, -0.2) is 0 Å². The molecule has 2 aromatic heterocycles. The Morgan fingerprint density at radius 2 is 1.85 bits per heavy atom. The highest BCUT2D eigenvalue weighted by atomic mass is 32.2. The first kappa shape index (κ1) is 18.0. The lowest BCUT2D eigenvalue weighted by Crippen LogP contribution is -2.38. The average Bonchev–Trinajstić information content (AvgIpc) is 3.36. The lowest BCUT2D eigenvalue weighted by Gasteiger charge is -2.27. The zero-order chi connectivity index (χ0) is 18.6. The van der Waals surface area contributed by atoms with Crippen LogP contribution in [0.3, 0.4) is 0 Å². The number of anilines is 1. The molecule has 27 heavy (non-hydrogen) atoms. The first-order valence-electron chi connectivity index (χ1n) is 9.07. The van der Waals surface area contributed by atoms with E-state index in [9.17, 15) is 0 Å². The fourth-order valence-electron chi connectivity index (χ4n) is 2.95. The normalized spacial score (nSPS) is 15.9. The van der Waals surface area contributed by atoms with Gasteiger partial charge in [0.25, 0.3) is 0 Å². The van der Waals surface area contributed by atoms with Gasteiger partial charge in [0.15, 0.2) is 5.16 Å². The van der Waals surface area contributed by atoms with Crippen molar-refractivity contribution in [3.63, 3.8) is 0 Å². The van der Waals surface area contributed by atoms with Crippen molar-refractivity contribution in [3.05, 3.63) is 36.2 Å². The molecule has 1 saturated heterocycles. The van der Waals surface area contributed by atoms with Gasteiger partial charge in [0.1, 0.15) is 0 Å². The molecular weight excluding hydrogens is 364 g/mol. The van der Waals surface area contributed by atoms with Crippen molar-refractivity contribution in [2.24, 2.45) is 0 Å². The third kappa shape index (κ3) is 3.84. The van der Waals surface area contributed by atoms with E-state index in [-0.39, 0.29) is 5.25 Å². The molecule has 1 aromatic carbocycles. The molecule has 9 heteroatoms. The molecule has 0 amide bonds. The van der Waals surface area contributed by atoms with Crippen LogP contribution in [0.5, 0.6) is 0 Å². The van der Waals surface area contributed by atoms with Gasteiger partial charge in [-0.3, -0.25) is 4.57 Å². The van der Waals surface area contributed by atoms with Crippen LogP contribution in [-0.2, 0) is 11.3 Å². The summed E-state index contributed by atoms with van der Waals surface area (Å²) in [5.74, 6) is 2.01. The molecule has 0 saturated carbocycles. The molecular formula is C18H22N6O2S. The zero-order valence-electron chi connectivity index (χ0n) is 15.4. The molecule has 8 nitrogen and oxygen atoms in total. The maximum absolute atomic E-state index is 5.87. The van der Waals surface area contributed by atoms with Crippen LogP contribution >= 0.6 is 11.8 Å². The minimum absolute atomic E-state index is 0.0259. The van der Waals surface area contributed by atoms with Crippen LogP contribution in [0.15, 0.2) is 39.9 Å². The highest BCUT2D eigenvalue weighted by Gasteiger charge is 2.23. The van der Waals surface area contributed by atoms with Crippen molar-refractivity contribution in [1.82, 2.24) is 25.0 Å². The van der Waals surface area contributed by atoms with E-state index in [1.807, 2.05) is 37.3 Å². The largest absolute Gasteiger partial charge is 0.419 e. The topological polar surface area (TPSA) is 82.1 Å². The number of benzene rings is 1. The second-order valence-corrected chi connectivity index (χ2v) is 7.51. The summed E-state index contributed by atoms with van der Waals surface area (Å²) < 4.78 is 13.4. The number of hydrogen-bond acceptors (Lipinski definition) is 8. The third-order valence-electron chi connectivity index (χ3n) is 4.40. The highest BCUT2D eigenvalue weighted by molar-refractivity contribution is 7.99. The maximum atomic E-state index is 5.87. The monoisotopic (exact) mass is 386 g/mol. The van der Waals surface area contributed by atoms with Gasteiger partial charge in [-0.15, -0.1) is 20.4 Å². The van der Waals surface area contributed by atoms with Gasteiger partial charge in [-0.2, -0.15) is 0 Å². The second kappa shape index (κ2) is 8.10. The van der Waals surface area contributed by atoms with Crippen LogP contribution in [0, 0.1) is 0 Å². The number of nitrogens with zero attached hydrogens (tertiary/aromatic N) is 6. The molecule has 3 aromatic rings. The summed E-state index contributed by atoms with van der Waals surface area (Å²) in [6.45, 7) is 8.05. The third-order valence-corrected chi connectivity index (χ3v) is 5.47. The number of ether oxygens (including phenoxy) is 1. The smallest absolute Gasteiger partial charge is 0.247 e. The van der Waals surface area contributed by atoms with Crippen molar-refractivity contribution in [3.8, 4) is 11.5 Å². The Kier molecular flexibility index (Phi) is 5.40. The molecule has 1 aliphatic heterocycles. The van der Waals surface area contributed by atoms with Gasteiger partial charge in [0.2, 0.25) is 17.7 Å². The van der Waals surface area contributed by atoms with Gasteiger partial charge in [-0.1, -0.05) is 30.0 Å². The molecule has 1 atom stereocenters. The van der Waals surface area contributed by atoms with E-state index in [0.717, 1.165) is 49.5 Å². The zero-order valence-corrected chi connectivity index (χ0v) is 16.2. The van der Waals surface area contributed by atoms with Crippen LogP contribution in [0.4, 0.5) is 5.95 Å². The fourth-order valence-corrected chi connectivity index (χ4v) is 3.89. The van der Waals surface area contributed by atoms with E-state index in [1.165, 1.54) is 0 Å². The van der Waals surface area contributed by atoms with E-state index in [1.54, 1.807) is 11.8 Å². The van der Waals surface area contributed by atoms with Crippen LogP contribution < -0.4 is 4.90 Å². The van der Waals surface area contributed by atoms with E-state index in [0.29, 0.717) is 11.8 Å². The summed E-state index contributed by atoms with van der Waals surface area (Å²) in [6, 6.07) is 9.78. The van der Waals surface area contributed by atoms with Crippen molar-refractivity contribution in [2.45, 2.75) is 30.8 Å². The van der Waals surface area contributed by atoms with Crippen molar-refractivity contribution in [1.29, 1.82) is 0 Å². The molecule has 0 aliphatic carbocycles. The molecule has 0 bridgehead atoms. The number of thioether (sulfide) groups is 1. The predicted molar refractivity (Wildman–Crippen MR) is 103 cm³/mol. The molecule has 0 N–H and O–H groups in total. The van der Waals surface area contributed by atoms with E-state index in [2.05, 4.69) is 36.8 Å². The summed E-state index contributed by atoms with van der Waals surface area (Å²) in [5.41, 5.74) is 0.916. The number of rotatable bonds is 6. The Morgan fingerprint density at radius 3 is 2.59 bits per heavy atom. The lowest BCUT2D eigenvalue weighted by atomic mass is 10.2. The predicted octanol–water partition coefficient (Wildman–Crippen LogP) is 3.04. The van der Waals surface area contributed by atoms with Gasteiger partial charge < -0.3 is 14.1 Å². The minimum Gasteiger partial charge on any atom is -0.419 e. The number of morpholine rings is 1. The molecule has 3 heterocycles. The molecule has 4 rings (SSSR count). The average molecular weight is 386 g/mol. The van der Waals surface area contributed by atoms with E-state index < -0.39 is 0 Å². The Hall–Kier alpha value is -2.39. The van der Waals surface area contributed by atoms with Gasteiger partial charge in [0.05, 0.1) is 18.5 Å². The van der Waals surface area contributed by atoms with E-state index in [4.69, 9.17) is 9.15 Å². The molecule has 0 radical (unpaired) electrons. The molecule has 142 valence electrons. The fraction of sp³-hybridized carbons (Fsp3) is 0.444. The molecule has 1 aliphatic rings. The first-order chi connectivity index (χ1) is 13.3. The second-order valence-electron chi connectivity index (χ2n) is 6.20. The van der Waals surface area contributed by atoms with Gasteiger partial charge in [-0.05, 0) is 26.0 Å². The minimum atomic E-state index is -0.0259. The quantitative estimate of drug-likeness (QED) is 0.598. The number of aromatic nitrogens is 5. The number of hydrogen-bond donors (Lipinski definition) is 0. The van der Waals surface area contributed by atoms with Crippen LogP contribution in [-0.4, -0.2) is 51.3 Å². The summed E-state index contributed by atoms with van der Waals surface area (Å²) >= 11 is 1.58. The molecule has 1 fully saturated rings. The van der Waals surface area contributed by atoms with Crippen molar-refractivity contribution in [2.75, 3.05) is 31.2 Å². The summed E-state index contributed by atoms with van der Waals surface area (Å²) in [4.78, 5) is 2.22. The Labute approximate surface area is 161 Å². The van der Waals surface area contributed by atoms with Crippen LogP contribution in [0.25, 0.3) is 11.5 Å². The summed E-state index contributed by atoms with van der Waals surface area (Å²) in [7, 11) is 0. The van der Waals surface area contributed by atoms with Crippen LogP contribution in [0.2, 0.25) is 0 Å². The van der Waals surface area contributed by atoms with Gasteiger partial charge >= 0.3 is 0 Å². The molecule has 0 unspecified atom stereocenters. The Bertz CT molecular complexity index is 875. The van der Waals surface area contributed by atoms with Crippen molar-refractivity contribution >= 4 is 17.7 Å². The van der Waals surface area contributed by atoms with Crippen molar-refractivity contribution < 1.29 is 9.15 Å². The highest BCUT2D eigenvalue weighted by Crippen LogP contribution is 2.35. The SMILES string of the molecule is CCn1c(S[C@H](C)c2nnc(-c3ccccc3)o2)nnc1N1CCOCC1. The Balaban J connectivity index is 1.50. The first-order valence-corrected chi connectivity index (χ1v) is 9.95. The van der Waals surface area contributed by atoms with E-state index >= 15 is 0 Å². The van der Waals surface area contributed by atoms with Gasteiger partial charge in [0, 0.05) is 25.2 Å². The maximum Gasteiger partial charge on any atom is 0.247 e. The Morgan fingerprint density at radius 1 is 1.07 bits per heavy atom. The lowest BCUT2D eigenvalue weighted by molar-refractivity contribution is 0.121. The summed E-state index contributed by atoms with van der Waals surface area (Å²) in [6.07, 6.45) is 0. The standard InChI is InChI=1S/C18H22N6O2S/c1-3-24-17(23-9-11-25-12-10-23)21-22-18(24)27-13(2)15-19-20-16(26-15)14-7-5-4-6-8-14/h4-8,13H,3,9-12H2,1-2H3/t13-/m1/s1. The summed E-state index contributed by atoms with van der Waals surface area (Å²) in [5, 5.41) is 18.0. The molecule has 0 spiro atoms. The van der Waals surface area contributed by atoms with Crippen LogP contribution in [0.1, 0.15) is 25.0 Å².